The molecule has 0 bridgehead atoms. The van der Waals surface area contributed by atoms with Gasteiger partial charge in [0.2, 0.25) is 0 Å². The molecule has 0 aliphatic rings. The van der Waals surface area contributed by atoms with Crippen molar-refractivity contribution in [1.29, 1.82) is 0 Å². The number of rotatable bonds is 7. The number of carbonyl (C=O) groups is 3. The van der Waals surface area contributed by atoms with Gasteiger partial charge in [0.1, 0.15) is 5.75 Å². The lowest BCUT2D eigenvalue weighted by atomic mass is 10.1. The summed E-state index contributed by atoms with van der Waals surface area (Å²) in [6.45, 7) is -1.03. The molecular formula is C18H17ClN2O6. The Labute approximate surface area is 160 Å². The van der Waals surface area contributed by atoms with Crippen LogP contribution in [0.25, 0.3) is 0 Å². The van der Waals surface area contributed by atoms with E-state index in [1.807, 2.05) is 0 Å². The zero-order chi connectivity index (χ0) is 19.6. The van der Waals surface area contributed by atoms with E-state index in [4.69, 9.17) is 26.2 Å². The maximum atomic E-state index is 11.8. The van der Waals surface area contributed by atoms with Crippen molar-refractivity contribution in [2.75, 3.05) is 13.2 Å². The van der Waals surface area contributed by atoms with Crippen LogP contribution in [-0.4, -0.2) is 36.1 Å². The van der Waals surface area contributed by atoms with Gasteiger partial charge in [0.15, 0.2) is 13.2 Å². The molecule has 8 nitrogen and oxygen atoms in total. The summed E-state index contributed by atoms with van der Waals surface area (Å²) in [5.41, 5.74) is 5.12. The number of benzene rings is 2. The number of hydrogen-bond donors (Lipinski definition) is 3. The van der Waals surface area contributed by atoms with Gasteiger partial charge in [-0.05, 0) is 42.0 Å². The minimum atomic E-state index is -0.713. The number of hydrazine groups is 1. The number of halogens is 1. The number of hydrogen-bond acceptors (Lipinski definition) is 6. The van der Waals surface area contributed by atoms with Crippen molar-refractivity contribution in [1.82, 2.24) is 10.9 Å². The zero-order valence-corrected chi connectivity index (χ0v) is 14.9. The van der Waals surface area contributed by atoms with Gasteiger partial charge in [0.05, 0.1) is 12.2 Å². The molecule has 0 saturated heterocycles. The van der Waals surface area contributed by atoms with Gasteiger partial charge in [-0.1, -0.05) is 23.7 Å². The van der Waals surface area contributed by atoms with Crippen molar-refractivity contribution in [3.05, 3.63) is 64.7 Å². The average Bonchev–Trinajstić information content (AvgIpc) is 2.70. The van der Waals surface area contributed by atoms with E-state index < -0.39 is 24.4 Å². The molecular weight excluding hydrogens is 376 g/mol. The van der Waals surface area contributed by atoms with E-state index >= 15 is 0 Å². The highest BCUT2D eigenvalue weighted by atomic mass is 35.5. The Morgan fingerprint density at radius 3 is 2.07 bits per heavy atom. The third-order valence-corrected chi connectivity index (χ3v) is 3.48. The molecule has 27 heavy (non-hydrogen) atoms. The number of aliphatic hydroxyl groups is 1. The van der Waals surface area contributed by atoms with Crippen LogP contribution in [0, 0.1) is 0 Å². The molecule has 2 aromatic rings. The van der Waals surface area contributed by atoms with Gasteiger partial charge in [-0.3, -0.25) is 20.4 Å². The summed E-state index contributed by atoms with van der Waals surface area (Å²) in [5.74, 6) is -1.56. The quantitative estimate of drug-likeness (QED) is 0.482. The number of esters is 1. The Kier molecular flexibility index (Phi) is 7.60. The lowest BCUT2D eigenvalue weighted by Gasteiger charge is -2.09. The normalized spacial score (nSPS) is 10.0. The molecule has 0 saturated carbocycles. The van der Waals surface area contributed by atoms with Gasteiger partial charge in [-0.25, -0.2) is 4.79 Å². The fourth-order valence-electron chi connectivity index (χ4n) is 1.85. The third kappa shape index (κ3) is 6.96. The molecule has 9 heteroatoms. The molecule has 0 heterocycles. The van der Waals surface area contributed by atoms with Crippen LogP contribution in [0.2, 0.25) is 5.02 Å². The highest BCUT2D eigenvalue weighted by molar-refractivity contribution is 6.30. The van der Waals surface area contributed by atoms with Crippen molar-refractivity contribution in [3.8, 4) is 5.75 Å². The molecule has 0 atom stereocenters. The van der Waals surface area contributed by atoms with Gasteiger partial charge in [0, 0.05) is 5.02 Å². The Balaban J connectivity index is 1.66. The third-order valence-electron chi connectivity index (χ3n) is 3.23. The molecule has 2 aromatic carbocycles. The lowest BCUT2D eigenvalue weighted by molar-refractivity contribution is -0.131. The maximum absolute atomic E-state index is 11.8. The number of carbonyl (C=O) groups excluding carboxylic acids is 3. The van der Waals surface area contributed by atoms with Crippen LogP contribution in [-0.2, 0) is 20.9 Å². The second-order valence-corrected chi connectivity index (χ2v) is 5.71. The summed E-state index contributed by atoms with van der Waals surface area (Å²) in [6, 6.07) is 12.5. The largest absolute Gasteiger partial charge is 0.484 e. The first-order valence-electron chi connectivity index (χ1n) is 7.81. The first-order chi connectivity index (χ1) is 13.0. The molecule has 0 radical (unpaired) electrons. The monoisotopic (exact) mass is 392 g/mol. The topological polar surface area (TPSA) is 114 Å². The molecule has 0 fully saturated rings. The van der Waals surface area contributed by atoms with Crippen LogP contribution in [0.15, 0.2) is 48.5 Å². The van der Waals surface area contributed by atoms with Crippen LogP contribution < -0.4 is 15.6 Å². The molecule has 0 aromatic heterocycles. The Bertz CT molecular complexity index is 793. The van der Waals surface area contributed by atoms with E-state index in [1.54, 1.807) is 36.4 Å². The highest BCUT2D eigenvalue weighted by Crippen LogP contribution is 2.15. The number of nitrogens with one attached hydrogen (secondary N) is 2. The number of aliphatic hydroxyl groups excluding tert-OH is 1. The molecule has 142 valence electrons. The summed E-state index contributed by atoms with van der Waals surface area (Å²) >= 11 is 5.74. The molecule has 3 N–H and O–H groups in total. The van der Waals surface area contributed by atoms with Crippen LogP contribution in [0.3, 0.4) is 0 Å². The maximum Gasteiger partial charge on any atom is 0.338 e. The first-order valence-corrected chi connectivity index (χ1v) is 8.18. The smallest absolute Gasteiger partial charge is 0.338 e. The van der Waals surface area contributed by atoms with Crippen LogP contribution >= 0.6 is 11.6 Å². The minimum absolute atomic E-state index is 0.140. The molecule has 2 amide bonds. The fraction of sp³-hybridized carbons (Fsp3) is 0.167. The Hall–Kier alpha value is -3.10. The summed E-state index contributed by atoms with van der Waals surface area (Å²) < 4.78 is 10.0. The summed E-state index contributed by atoms with van der Waals surface area (Å²) in [4.78, 5) is 35.0. The van der Waals surface area contributed by atoms with E-state index in [9.17, 15) is 14.4 Å². The number of ether oxygens (including phenoxy) is 2. The van der Waals surface area contributed by atoms with E-state index in [0.29, 0.717) is 16.3 Å². The molecule has 0 aliphatic carbocycles. The summed E-state index contributed by atoms with van der Waals surface area (Å²) in [7, 11) is 0. The van der Waals surface area contributed by atoms with E-state index in [0.717, 1.165) is 0 Å². The fourth-order valence-corrected chi connectivity index (χ4v) is 1.98. The Morgan fingerprint density at radius 1 is 0.889 bits per heavy atom. The van der Waals surface area contributed by atoms with Crippen LogP contribution in [0.4, 0.5) is 0 Å². The zero-order valence-electron chi connectivity index (χ0n) is 14.1. The van der Waals surface area contributed by atoms with Gasteiger partial charge < -0.3 is 14.6 Å². The van der Waals surface area contributed by atoms with Crippen LogP contribution in [0.5, 0.6) is 5.75 Å². The van der Waals surface area contributed by atoms with E-state index in [1.165, 1.54) is 12.1 Å². The second-order valence-electron chi connectivity index (χ2n) is 5.27. The van der Waals surface area contributed by atoms with Gasteiger partial charge in [-0.15, -0.1) is 0 Å². The van der Waals surface area contributed by atoms with Crippen molar-refractivity contribution in [2.45, 2.75) is 6.61 Å². The Morgan fingerprint density at radius 2 is 1.48 bits per heavy atom. The average molecular weight is 393 g/mol. The minimum Gasteiger partial charge on any atom is -0.484 e. The molecule has 0 unspecified atom stereocenters. The van der Waals surface area contributed by atoms with Gasteiger partial charge in [0.25, 0.3) is 11.8 Å². The van der Waals surface area contributed by atoms with E-state index in [-0.39, 0.29) is 18.8 Å². The van der Waals surface area contributed by atoms with Gasteiger partial charge in [-0.2, -0.15) is 0 Å². The second kappa shape index (κ2) is 10.1. The van der Waals surface area contributed by atoms with Crippen molar-refractivity contribution in [3.63, 3.8) is 0 Å². The highest BCUT2D eigenvalue weighted by Gasteiger charge is 2.11. The van der Waals surface area contributed by atoms with Crippen molar-refractivity contribution >= 4 is 29.4 Å². The van der Waals surface area contributed by atoms with Gasteiger partial charge >= 0.3 is 5.97 Å². The van der Waals surface area contributed by atoms with Crippen molar-refractivity contribution in [2.24, 2.45) is 0 Å². The standard InChI is InChI=1S/C18H17ClN2O6/c19-14-5-7-15(8-6-14)26-10-16(23)20-21-17(24)11-27-18(25)13-3-1-12(9-22)2-4-13/h1-8,22H,9-11H2,(H,20,23)(H,21,24). The molecule has 0 spiro atoms. The first kappa shape index (κ1) is 20.2. The molecule has 2 rings (SSSR count). The molecule has 0 aliphatic heterocycles. The van der Waals surface area contributed by atoms with Crippen LogP contribution in [0.1, 0.15) is 15.9 Å². The number of amides is 2. The predicted octanol–water partition coefficient (Wildman–Crippen LogP) is 1.22. The lowest BCUT2D eigenvalue weighted by Crippen LogP contribution is -2.45. The summed E-state index contributed by atoms with van der Waals surface area (Å²) in [5, 5.41) is 9.48. The van der Waals surface area contributed by atoms with Crippen molar-refractivity contribution < 1.29 is 29.0 Å². The SMILES string of the molecule is O=C(COC(=O)c1ccc(CO)cc1)NNC(=O)COc1ccc(Cl)cc1. The van der Waals surface area contributed by atoms with E-state index in [2.05, 4.69) is 10.9 Å². The predicted molar refractivity (Wildman–Crippen MR) is 95.9 cm³/mol. The summed E-state index contributed by atoms with van der Waals surface area (Å²) in [6.07, 6.45) is 0.